The van der Waals surface area contributed by atoms with Crippen molar-refractivity contribution in [3.8, 4) is 0 Å². The lowest BCUT2D eigenvalue weighted by molar-refractivity contribution is 0.208. The minimum absolute atomic E-state index is 0.160. The molecule has 0 radical (unpaired) electrons. The minimum Gasteiger partial charge on any atom is -0.353 e. The van der Waals surface area contributed by atoms with Crippen LogP contribution in [0, 0.1) is 5.82 Å². The monoisotopic (exact) mass is 413 g/mol. The van der Waals surface area contributed by atoms with Crippen LogP contribution >= 0.6 is 27.5 Å². The minimum atomic E-state index is -0.480. The molecule has 126 valence electrons. The average molecular weight is 415 g/mol. The Bertz CT molecular complexity index is 754. The summed E-state index contributed by atoms with van der Waals surface area (Å²) in [7, 11) is 0. The van der Waals surface area contributed by atoms with Crippen LogP contribution in [0.3, 0.4) is 0 Å². The third kappa shape index (κ3) is 3.93. The number of nitrogens with zero attached hydrogens (tertiary/aromatic N) is 4. The SMILES string of the molecule is O=C(Nc1ccc(Br)cc1F)N1CCN(c2cc(Cl)ncn2)CC1. The van der Waals surface area contributed by atoms with Crippen LogP contribution < -0.4 is 10.2 Å². The highest BCUT2D eigenvalue weighted by Crippen LogP contribution is 2.20. The molecule has 1 aliphatic rings. The number of hydrogen-bond acceptors (Lipinski definition) is 4. The highest BCUT2D eigenvalue weighted by atomic mass is 79.9. The van der Waals surface area contributed by atoms with Crippen LogP contribution in [0.15, 0.2) is 35.1 Å². The van der Waals surface area contributed by atoms with E-state index in [4.69, 9.17) is 11.6 Å². The van der Waals surface area contributed by atoms with Crippen LogP contribution in [-0.2, 0) is 0 Å². The molecule has 9 heteroatoms. The summed E-state index contributed by atoms with van der Waals surface area (Å²) in [6.07, 6.45) is 1.41. The Hall–Kier alpha value is -1.93. The van der Waals surface area contributed by atoms with E-state index < -0.39 is 5.82 Å². The summed E-state index contributed by atoms with van der Waals surface area (Å²) in [5, 5.41) is 2.98. The zero-order valence-electron chi connectivity index (χ0n) is 12.5. The quantitative estimate of drug-likeness (QED) is 0.765. The van der Waals surface area contributed by atoms with Crippen molar-refractivity contribution in [1.29, 1.82) is 0 Å². The number of aromatic nitrogens is 2. The molecule has 0 saturated carbocycles. The number of anilines is 2. The summed E-state index contributed by atoms with van der Waals surface area (Å²) >= 11 is 9.05. The van der Waals surface area contributed by atoms with Crippen molar-refractivity contribution in [3.63, 3.8) is 0 Å². The van der Waals surface area contributed by atoms with Gasteiger partial charge in [-0.25, -0.2) is 19.2 Å². The van der Waals surface area contributed by atoms with Crippen molar-refractivity contribution in [2.75, 3.05) is 36.4 Å². The highest BCUT2D eigenvalue weighted by Gasteiger charge is 2.22. The first-order valence-corrected chi connectivity index (χ1v) is 8.43. The van der Waals surface area contributed by atoms with E-state index in [-0.39, 0.29) is 11.7 Å². The van der Waals surface area contributed by atoms with Crippen molar-refractivity contribution in [1.82, 2.24) is 14.9 Å². The second-order valence-electron chi connectivity index (χ2n) is 5.23. The number of carbonyl (C=O) groups is 1. The van der Waals surface area contributed by atoms with E-state index in [1.165, 1.54) is 18.5 Å². The van der Waals surface area contributed by atoms with E-state index in [0.29, 0.717) is 35.8 Å². The van der Waals surface area contributed by atoms with Crippen molar-refractivity contribution in [3.05, 3.63) is 46.0 Å². The predicted molar refractivity (Wildman–Crippen MR) is 93.9 cm³/mol. The topological polar surface area (TPSA) is 61.4 Å². The highest BCUT2D eigenvalue weighted by molar-refractivity contribution is 9.10. The van der Waals surface area contributed by atoms with Gasteiger partial charge in [0.15, 0.2) is 0 Å². The molecule has 2 aromatic rings. The lowest BCUT2D eigenvalue weighted by Gasteiger charge is -2.35. The van der Waals surface area contributed by atoms with Gasteiger partial charge in [0.1, 0.15) is 23.1 Å². The molecule has 0 atom stereocenters. The molecular weight excluding hydrogens is 401 g/mol. The molecule has 1 N–H and O–H groups in total. The largest absolute Gasteiger partial charge is 0.353 e. The maximum absolute atomic E-state index is 13.8. The number of hydrogen-bond donors (Lipinski definition) is 1. The van der Waals surface area contributed by atoms with Crippen LogP contribution in [0.5, 0.6) is 0 Å². The fraction of sp³-hybridized carbons (Fsp3) is 0.267. The number of benzene rings is 1. The van der Waals surface area contributed by atoms with Gasteiger partial charge in [-0.2, -0.15) is 0 Å². The molecule has 1 aromatic heterocycles. The fourth-order valence-corrected chi connectivity index (χ4v) is 2.90. The molecule has 1 saturated heterocycles. The fourth-order valence-electron chi connectivity index (χ4n) is 2.42. The van der Waals surface area contributed by atoms with Gasteiger partial charge in [0.05, 0.1) is 5.69 Å². The predicted octanol–water partition coefficient (Wildman–Crippen LogP) is 3.39. The molecule has 1 aliphatic heterocycles. The van der Waals surface area contributed by atoms with Crippen LogP contribution in [0.4, 0.5) is 20.7 Å². The maximum Gasteiger partial charge on any atom is 0.322 e. The van der Waals surface area contributed by atoms with E-state index in [9.17, 15) is 9.18 Å². The van der Waals surface area contributed by atoms with Gasteiger partial charge in [0.25, 0.3) is 0 Å². The summed E-state index contributed by atoms with van der Waals surface area (Å²) in [5.41, 5.74) is 0.160. The van der Waals surface area contributed by atoms with Crippen LogP contribution in [0.2, 0.25) is 5.15 Å². The second-order valence-corrected chi connectivity index (χ2v) is 6.53. The van der Waals surface area contributed by atoms with Gasteiger partial charge in [0, 0.05) is 36.7 Å². The van der Waals surface area contributed by atoms with Crippen LogP contribution in [0.25, 0.3) is 0 Å². The van der Waals surface area contributed by atoms with Crippen molar-refractivity contribution in [2.45, 2.75) is 0 Å². The molecule has 0 bridgehead atoms. The molecule has 0 aliphatic carbocycles. The Labute approximate surface area is 151 Å². The van der Waals surface area contributed by atoms with E-state index in [1.807, 2.05) is 4.90 Å². The summed E-state index contributed by atoms with van der Waals surface area (Å²) in [5.74, 6) is 0.251. The molecule has 6 nitrogen and oxygen atoms in total. The maximum atomic E-state index is 13.8. The van der Waals surface area contributed by atoms with Crippen molar-refractivity contribution in [2.24, 2.45) is 0 Å². The van der Waals surface area contributed by atoms with Crippen molar-refractivity contribution < 1.29 is 9.18 Å². The third-order valence-corrected chi connectivity index (χ3v) is 4.38. The molecule has 24 heavy (non-hydrogen) atoms. The van der Waals surface area contributed by atoms with E-state index in [2.05, 4.69) is 31.2 Å². The number of urea groups is 1. The zero-order chi connectivity index (χ0) is 17.1. The molecule has 1 fully saturated rings. The molecule has 1 aromatic carbocycles. The number of amides is 2. The van der Waals surface area contributed by atoms with Gasteiger partial charge in [-0.3, -0.25) is 0 Å². The lowest BCUT2D eigenvalue weighted by atomic mass is 10.3. The van der Waals surface area contributed by atoms with Gasteiger partial charge in [-0.1, -0.05) is 27.5 Å². The second kappa shape index (κ2) is 7.31. The summed E-state index contributed by atoms with van der Waals surface area (Å²) in [4.78, 5) is 24.0. The first-order valence-electron chi connectivity index (χ1n) is 7.26. The normalized spacial score (nSPS) is 14.6. The Morgan fingerprint density at radius 1 is 1.21 bits per heavy atom. The smallest absolute Gasteiger partial charge is 0.322 e. The van der Waals surface area contributed by atoms with Gasteiger partial charge in [-0.05, 0) is 18.2 Å². The molecule has 2 amide bonds. The average Bonchev–Trinajstić information content (AvgIpc) is 2.57. The van der Waals surface area contributed by atoms with Gasteiger partial charge >= 0.3 is 6.03 Å². The van der Waals surface area contributed by atoms with Gasteiger partial charge < -0.3 is 15.1 Å². The first-order chi connectivity index (χ1) is 11.5. The van der Waals surface area contributed by atoms with E-state index >= 15 is 0 Å². The Morgan fingerprint density at radius 3 is 2.62 bits per heavy atom. The molecule has 2 heterocycles. The Kier molecular flexibility index (Phi) is 5.15. The number of halogens is 3. The van der Waals surface area contributed by atoms with E-state index in [1.54, 1.807) is 17.0 Å². The molecule has 0 spiro atoms. The first kappa shape index (κ1) is 16.9. The Morgan fingerprint density at radius 2 is 1.96 bits per heavy atom. The third-order valence-electron chi connectivity index (χ3n) is 3.68. The molecule has 3 rings (SSSR count). The van der Waals surface area contributed by atoms with Crippen molar-refractivity contribution >= 4 is 45.1 Å². The number of carbonyl (C=O) groups excluding carboxylic acids is 1. The van der Waals surface area contributed by atoms with Crippen LogP contribution in [-0.4, -0.2) is 47.1 Å². The Balaban J connectivity index is 1.59. The molecule has 0 unspecified atom stereocenters. The lowest BCUT2D eigenvalue weighted by Crippen LogP contribution is -2.50. The zero-order valence-corrected chi connectivity index (χ0v) is 14.9. The number of piperazine rings is 1. The standard InChI is InChI=1S/C15H14BrClFN5O/c16-10-1-2-12(11(18)7-10)21-15(24)23-5-3-22(4-6-23)14-8-13(17)19-9-20-14/h1-2,7-9H,3-6H2,(H,21,24). The van der Waals surface area contributed by atoms with Gasteiger partial charge in [-0.15, -0.1) is 0 Å². The molecular formula is C15H14BrClFN5O. The summed E-state index contributed by atoms with van der Waals surface area (Å²) in [6, 6.07) is 5.88. The van der Waals surface area contributed by atoms with Gasteiger partial charge in [0.2, 0.25) is 0 Å². The number of rotatable bonds is 2. The van der Waals surface area contributed by atoms with Crippen LogP contribution in [0.1, 0.15) is 0 Å². The number of nitrogens with one attached hydrogen (secondary N) is 1. The summed E-state index contributed by atoms with van der Waals surface area (Å²) in [6.45, 7) is 2.24. The summed E-state index contributed by atoms with van der Waals surface area (Å²) < 4.78 is 14.4. The van der Waals surface area contributed by atoms with E-state index in [0.717, 1.165) is 5.82 Å².